The number of amides is 1. The van der Waals surface area contributed by atoms with Crippen molar-refractivity contribution >= 4 is 5.91 Å². The van der Waals surface area contributed by atoms with Gasteiger partial charge in [-0.3, -0.25) is 4.79 Å². The van der Waals surface area contributed by atoms with Crippen LogP contribution in [-0.4, -0.2) is 36.1 Å². The van der Waals surface area contributed by atoms with Crippen LogP contribution < -0.4 is 4.74 Å². The number of hydrogen-bond donors (Lipinski definition) is 1. The fraction of sp³-hybridized carbons (Fsp3) is 0.533. The lowest BCUT2D eigenvalue weighted by Crippen LogP contribution is -2.40. The number of likely N-dealkylation sites (tertiary alicyclic amines) is 1. The second-order valence-electron chi connectivity index (χ2n) is 5.19. The second kappa shape index (κ2) is 6.06. The van der Waals surface area contributed by atoms with E-state index in [0.717, 1.165) is 25.9 Å². The van der Waals surface area contributed by atoms with E-state index in [9.17, 15) is 9.90 Å². The van der Waals surface area contributed by atoms with E-state index in [1.54, 1.807) is 36.3 Å². The van der Waals surface area contributed by atoms with Gasteiger partial charge in [-0.25, -0.2) is 0 Å². The van der Waals surface area contributed by atoms with Gasteiger partial charge in [0.1, 0.15) is 5.75 Å². The molecule has 0 aliphatic carbocycles. The molecule has 1 aromatic carbocycles. The van der Waals surface area contributed by atoms with E-state index < -0.39 is 6.10 Å². The zero-order chi connectivity index (χ0) is 13.8. The predicted molar refractivity (Wildman–Crippen MR) is 72.9 cm³/mol. The number of ether oxygens (including phenoxy) is 1. The highest BCUT2D eigenvalue weighted by Crippen LogP contribution is 2.23. The van der Waals surface area contributed by atoms with Crippen LogP contribution in [0.15, 0.2) is 24.3 Å². The molecule has 1 fully saturated rings. The normalized spacial score (nSPS) is 18.2. The Labute approximate surface area is 114 Å². The summed E-state index contributed by atoms with van der Waals surface area (Å²) >= 11 is 0. The van der Waals surface area contributed by atoms with Crippen LogP contribution in [0.3, 0.4) is 0 Å². The monoisotopic (exact) mass is 263 g/mol. The number of rotatable bonds is 3. The lowest BCUT2D eigenvalue weighted by atomic mass is 9.98. The molecule has 1 N–H and O–H groups in total. The Balaban J connectivity index is 2.05. The molecule has 4 heteroatoms. The number of benzene rings is 1. The van der Waals surface area contributed by atoms with Crippen LogP contribution in [0.1, 0.15) is 31.4 Å². The van der Waals surface area contributed by atoms with E-state index in [0.29, 0.717) is 17.2 Å². The molecule has 1 aliphatic heterocycles. The number of aliphatic hydroxyl groups is 1. The Hall–Kier alpha value is -1.55. The summed E-state index contributed by atoms with van der Waals surface area (Å²) < 4.78 is 5.11. The summed E-state index contributed by atoms with van der Waals surface area (Å²) in [4.78, 5) is 14.0. The Morgan fingerprint density at radius 2 is 2.11 bits per heavy atom. The topological polar surface area (TPSA) is 49.8 Å². The van der Waals surface area contributed by atoms with Crippen LogP contribution in [0.2, 0.25) is 0 Å². The van der Waals surface area contributed by atoms with Crippen LogP contribution in [0.4, 0.5) is 0 Å². The molecule has 0 bridgehead atoms. The number of aliphatic hydroxyl groups excluding tert-OH is 1. The molecule has 0 saturated carbocycles. The van der Waals surface area contributed by atoms with Crippen molar-refractivity contribution in [1.29, 1.82) is 0 Å². The van der Waals surface area contributed by atoms with E-state index in [1.807, 2.05) is 0 Å². The lowest BCUT2D eigenvalue weighted by Gasteiger charge is -2.31. The third-order valence-corrected chi connectivity index (χ3v) is 3.74. The molecule has 0 aromatic heterocycles. The van der Waals surface area contributed by atoms with Gasteiger partial charge in [0.05, 0.1) is 7.11 Å². The maximum atomic E-state index is 12.2. The first-order chi connectivity index (χ1) is 9.11. The largest absolute Gasteiger partial charge is 0.497 e. The summed E-state index contributed by atoms with van der Waals surface area (Å²) in [7, 11) is 1.57. The Morgan fingerprint density at radius 3 is 2.74 bits per heavy atom. The highest BCUT2D eigenvalue weighted by molar-refractivity contribution is 5.82. The lowest BCUT2D eigenvalue weighted by molar-refractivity contribution is -0.141. The summed E-state index contributed by atoms with van der Waals surface area (Å²) in [6.45, 7) is 3.67. The fourth-order valence-corrected chi connectivity index (χ4v) is 2.36. The van der Waals surface area contributed by atoms with Gasteiger partial charge in [0.2, 0.25) is 0 Å². The second-order valence-corrected chi connectivity index (χ2v) is 5.19. The van der Waals surface area contributed by atoms with Crippen molar-refractivity contribution in [3.05, 3.63) is 29.8 Å². The number of methoxy groups -OCH3 is 1. The zero-order valence-corrected chi connectivity index (χ0v) is 11.5. The van der Waals surface area contributed by atoms with Crippen molar-refractivity contribution < 1.29 is 14.6 Å². The van der Waals surface area contributed by atoms with E-state index in [2.05, 4.69) is 6.92 Å². The van der Waals surface area contributed by atoms with E-state index >= 15 is 0 Å². The van der Waals surface area contributed by atoms with Crippen LogP contribution >= 0.6 is 0 Å². The van der Waals surface area contributed by atoms with Crippen LogP contribution in [-0.2, 0) is 4.79 Å². The van der Waals surface area contributed by atoms with Gasteiger partial charge in [-0.05, 0) is 36.5 Å². The Bertz CT molecular complexity index is 439. The fourth-order valence-electron chi connectivity index (χ4n) is 2.36. The van der Waals surface area contributed by atoms with Gasteiger partial charge in [0, 0.05) is 13.1 Å². The minimum atomic E-state index is -1.09. The summed E-state index contributed by atoms with van der Waals surface area (Å²) in [5.41, 5.74) is 0.586. The summed E-state index contributed by atoms with van der Waals surface area (Å²) in [6, 6.07) is 7.03. The average molecular weight is 263 g/mol. The number of nitrogens with zero attached hydrogens (tertiary/aromatic N) is 1. The van der Waals surface area contributed by atoms with E-state index in [1.165, 1.54) is 0 Å². The van der Waals surface area contributed by atoms with Crippen molar-refractivity contribution in [2.75, 3.05) is 20.2 Å². The maximum absolute atomic E-state index is 12.2. The van der Waals surface area contributed by atoms with Crippen molar-refractivity contribution in [2.45, 2.75) is 25.9 Å². The summed E-state index contributed by atoms with van der Waals surface area (Å²) in [5.74, 6) is 1.11. The SMILES string of the molecule is COc1cccc(C(O)C(=O)N2CCC(C)CC2)c1. The molecule has 1 atom stereocenters. The van der Waals surface area contributed by atoms with Gasteiger partial charge in [0.25, 0.3) is 5.91 Å². The molecular formula is C15H21NO3. The molecule has 2 rings (SSSR count). The first kappa shape index (κ1) is 13.9. The molecule has 0 radical (unpaired) electrons. The molecular weight excluding hydrogens is 242 g/mol. The first-order valence-corrected chi connectivity index (χ1v) is 6.72. The highest BCUT2D eigenvalue weighted by atomic mass is 16.5. The Kier molecular flexibility index (Phi) is 4.43. The van der Waals surface area contributed by atoms with Crippen LogP contribution in [0.25, 0.3) is 0 Å². The smallest absolute Gasteiger partial charge is 0.256 e. The molecule has 1 aromatic rings. The van der Waals surface area contributed by atoms with Gasteiger partial charge in [0.15, 0.2) is 6.10 Å². The number of carbonyl (C=O) groups is 1. The molecule has 1 saturated heterocycles. The first-order valence-electron chi connectivity index (χ1n) is 6.72. The zero-order valence-electron chi connectivity index (χ0n) is 11.5. The van der Waals surface area contributed by atoms with Gasteiger partial charge < -0.3 is 14.7 Å². The van der Waals surface area contributed by atoms with Crippen molar-refractivity contribution in [3.63, 3.8) is 0 Å². The van der Waals surface area contributed by atoms with Gasteiger partial charge in [-0.1, -0.05) is 19.1 Å². The average Bonchev–Trinajstić information content (AvgIpc) is 2.46. The number of hydrogen-bond acceptors (Lipinski definition) is 3. The predicted octanol–water partition coefficient (Wildman–Crippen LogP) is 1.99. The summed E-state index contributed by atoms with van der Waals surface area (Å²) in [6.07, 6.45) is 0.927. The molecule has 1 heterocycles. The van der Waals surface area contributed by atoms with E-state index in [4.69, 9.17) is 4.74 Å². The number of piperidine rings is 1. The van der Waals surface area contributed by atoms with Crippen molar-refractivity contribution in [1.82, 2.24) is 4.90 Å². The molecule has 0 spiro atoms. The van der Waals surface area contributed by atoms with Crippen molar-refractivity contribution in [3.8, 4) is 5.75 Å². The summed E-state index contributed by atoms with van der Waals surface area (Å²) in [5, 5.41) is 10.2. The van der Waals surface area contributed by atoms with Crippen LogP contribution in [0, 0.1) is 5.92 Å². The van der Waals surface area contributed by atoms with Gasteiger partial charge >= 0.3 is 0 Å². The molecule has 1 aliphatic rings. The maximum Gasteiger partial charge on any atom is 0.256 e. The molecule has 4 nitrogen and oxygen atoms in total. The number of carbonyl (C=O) groups excluding carboxylic acids is 1. The van der Waals surface area contributed by atoms with Crippen LogP contribution in [0.5, 0.6) is 5.75 Å². The van der Waals surface area contributed by atoms with Gasteiger partial charge in [-0.15, -0.1) is 0 Å². The Morgan fingerprint density at radius 1 is 1.42 bits per heavy atom. The molecule has 1 unspecified atom stereocenters. The minimum Gasteiger partial charge on any atom is -0.497 e. The molecule has 19 heavy (non-hydrogen) atoms. The third-order valence-electron chi connectivity index (χ3n) is 3.74. The standard InChI is InChI=1S/C15H21NO3/c1-11-6-8-16(9-7-11)15(18)14(17)12-4-3-5-13(10-12)19-2/h3-5,10-11,14,17H,6-9H2,1-2H3. The highest BCUT2D eigenvalue weighted by Gasteiger charge is 2.26. The third kappa shape index (κ3) is 3.26. The molecule has 1 amide bonds. The van der Waals surface area contributed by atoms with Crippen molar-refractivity contribution in [2.24, 2.45) is 5.92 Å². The van der Waals surface area contributed by atoms with Gasteiger partial charge in [-0.2, -0.15) is 0 Å². The van der Waals surface area contributed by atoms with E-state index in [-0.39, 0.29) is 5.91 Å². The molecule has 104 valence electrons. The minimum absolute atomic E-state index is 0.208. The quantitative estimate of drug-likeness (QED) is 0.907.